The lowest BCUT2D eigenvalue weighted by Crippen LogP contribution is -2.13. The van der Waals surface area contributed by atoms with Gasteiger partial charge >= 0.3 is 0 Å². The van der Waals surface area contributed by atoms with E-state index in [0.717, 1.165) is 5.56 Å². The molecule has 0 fully saturated rings. The van der Waals surface area contributed by atoms with E-state index in [0.29, 0.717) is 16.5 Å². The number of para-hydroxylation sites is 1. The highest BCUT2D eigenvalue weighted by Crippen LogP contribution is 2.27. The highest BCUT2D eigenvalue weighted by atomic mass is 32.1. The van der Waals surface area contributed by atoms with Crippen molar-refractivity contribution in [2.45, 2.75) is 6.92 Å². The third-order valence-corrected chi connectivity index (χ3v) is 4.33. The molecule has 2 amide bonds. The smallest absolute Gasteiger partial charge is 0.282 e. The number of benzene rings is 2. The first-order valence-electron chi connectivity index (χ1n) is 7.82. The number of carbonyl (C=O) groups is 2. The number of rotatable bonds is 5. The van der Waals surface area contributed by atoms with E-state index in [9.17, 15) is 19.7 Å². The van der Waals surface area contributed by atoms with E-state index in [1.54, 1.807) is 35.7 Å². The number of nitrogens with one attached hydrogen (secondary N) is 2. The summed E-state index contributed by atoms with van der Waals surface area (Å²) in [5, 5.41) is 18.4. The molecule has 0 aliphatic carbocycles. The molecule has 0 bridgehead atoms. The molecule has 3 aromatic rings. The predicted molar refractivity (Wildman–Crippen MR) is 103 cm³/mol. The molecule has 0 radical (unpaired) electrons. The Morgan fingerprint density at radius 2 is 1.78 bits per heavy atom. The van der Waals surface area contributed by atoms with E-state index in [4.69, 9.17) is 0 Å². The van der Waals surface area contributed by atoms with Crippen molar-refractivity contribution >= 4 is 39.7 Å². The van der Waals surface area contributed by atoms with E-state index >= 15 is 0 Å². The van der Waals surface area contributed by atoms with Gasteiger partial charge in [0.05, 0.1) is 10.6 Å². The van der Waals surface area contributed by atoms with Crippen molar-refractivity contribution in [3.05, 3.63) is 69.6 Å². The Hall–Kier alpha value is -3.59. The average Bonchev–Trinajstić information content (AvgIpc) is 3.10. The fraction of sp³-hybridized carbons (Fsp3) is 0.0556. The maximum Gasteiger partial charge on any atom is 0.282 e. The van der Waals surface area contributed by atoms with Crippen LogP contribution in [0, 0.1) is 10.1 Å². The van der Waals surface area contributed by atoms with Gasteiger partial charge in [0.2, 0.25) is 5.91 Å². The van der Waals surface area contributed by atoms with Crippen LogP contribution in [-0.2, 0) is 4.79 Å². The summed E-state index contributed by atoms with van der Waals surface area (Å²) < 4.78 is 0. The molecule has 3 rings (SSSR count). The van der Waals surface area contributed by atoms with Crippen LogP contribution >= 0.6 is 11.3 Å². The van der Waals surface area contributed by atoms with Crippen LogP contribution in [0.3, 0.4) is 0 Å². The number of nitro benzene ring substituents is 1. The summed E-state index contributed by atoms with van der Waals surface area (Å²) >= 11 is 1.21. The topological polar surface area (TPSA) is 114 Å². The molecule has 2 N–H and O–H groups in total. The number of hydrogen-bond acceptors (Lipinski definition) is 6. The molecule has 0 atom stereocenters. The SMILES string of the molecule is CC(=O)Nc1ccc(-c2csc(NC(=O)c3ccccc3[N+](=O)[O-])n2)cc1. The lowest BCUT2D eigenvalue weighted by molar-refractivity contribution is -0.385. The first-order valence-corrected chi connectivity index (χ1v) is 8.70. The van der Waals surface area contributed by atoms with Crippen LogP contribution in [0.15, 0.2) is 53.9 Å². The Morgan fingerprint density at radius 3 is 2.44 bits per heavy atom. The molecule has 2 aromatic carbocycles. The fourth-order valence-electron chi connectivity index (χ4n) is 2.38. The normalized spacial score (nSPS) is 10.3. The number of nitro groups is 1. The average molecular weight is 382 g/mol. The van der Waals surface area contributed by atoms with E-state index in [1.807, 2.05) is 0 Å². The lowest BCUT2D eigenvalue weighted by atomic mass is 10.1. The molecule has 0 saturated carbocycles. The molecule has 8 nitrogen and oxygen atoms in total. The van der Waals surface area contributed by atoms with E-state index in [1.165, 1.54) is 36.5 Å². The quantitative estimate of drug-likeness (QED) is 0.512. The Morgan fingerprint density at radius 1 is 1.07 bits per heavy atom. The van der Waals surface area contributed by atoms with Crippen LogP contribution < -0.4 is 10.6 Å². The molecule has 0 spiro atoms. The molecule has 0 saturated heterocycles. The van der Waals surface area contributed by atoms with Crippen LogP contribution in [0.2, 0.25) is 0 Å². The van der Waals surface area contributed by atoms with Crippen molar-refractivity contribution in [1.82, 2.24) is 4.98 Å². The summed E-state index contributed by atoms with van der Waals surface area (Å²) in [6, 6.07) is 12.8. The molecule has 27 heavy (non-hydrogen) atoms. The van der Waals surface area contributed by atoms with Gasteiger partial charge in [0.25, 0.3) is 11.6 Å². The van der Waals surface area contributed by atoms with Crippen LogP contribution in [0.1, 0.15) is 17.3 Å². The first-order chi connectivity index (χ1) is 12.9. The van der Waals surface area contributed by atoms with Gasteiger partial charge in [-0.3, -0.25) is 25.0 Å². The van der Waals surface area contributed by atoms with Gasteiger partial charge in [0.15, 0.2) is 5.13 Å². The number of carbonyl (C=O) groups excluding carboxylic acids is 2. The molecule has 0 aliphatic heterocycles. The molecule has 1 aromatic heterocycles. The van der Waals surface area contributed by atoms with Crippen molar-refractivity contribution in [2.75, 3.05) is 10.6 Å². The molecule has 0 aliphatic rings. The van der Waals surface area contributed by atoms with Crippen LogP contribution in [0.25, 0.3) is 11.3 Å². The minimum absolute atomic E-state index is 0.0288. The summed E-state index contributed by atoms with van der Waals surface area (Å²) in [4.78, 5) is 38.2. The molecule has 0 unspecified atom stereocenters. The van der Waals surface area contributed by atoms with Crippen LogP contribution in [0.5, 0.6) is 0 Å². The second-order valence-corrected chi connectivity index (χ2v) is 6.38. The molecule has 1 heterocycles. The first kappa shape index (κ1) is 18.2. The van der Waals surface area contributed by atoms with E-state index < -0.39 is 10.8 Å². The minimum Gasteiger partial charge on any atom is -0.326 e. The Balaban J connectivity index is 1.76. The maximum absolute atomic E-state index is 12.3. The second kappa shape index (κ2) is 7.75. The van der Waals surface area contributed by atoms with Gasteiger partial charge in [-0.2, -0.15) is 0 Å². The Kier molecular flexibility index (Phi) is 5.23. The van der Waals surface area contributed by atoms with Crippen LogP contribution in [-0.4, -0.2) is 21.7 Å². The monoisotopic (exact) mass is 382 g/mol. The molecule has 136 valence electrons. The zero-order valence-corrected chi connectivity index (χ0v) is 14.9. The predicted octanol–water partition coefficient (Wildman–Crippen LogP) is 3.93. The van der Waals surface area contributed by atoms with E-state index in [2.05, 4.69) is 15.6 Å². The summed E-state index contributed by atoms with van der Waals surface area (Å²) in [6.07, 6.45) is 0. The Bertz CT molecular complexity index is 1010. The highest BCUT2D eigenvalue weighted by Gasteiger charge is 2.20. The zero-order chi connectivity index (χ0) is 19.4. The van der Waals surface area contributed by atoms with Crippen molar-refractivity contribution in [1.29, 1.82) is 0 Å². The van der Waals surface area contributed by atoms with Gasteiger partial charge in [0.1, 0.15) is 5.56 Å². The summed E-state index contributed by atoms with van der Waals surface area (Å²) in [7, 11) is 0. The summed E-state index contributed by atoms with van der Waals surface area (Å²) in [5.41, 5.74) is 1.84. The zero-order valence-electron chi connectivity index (χ0n) is 14.1. The van der Waals surface area contributed by atoms with Gasteiger partial charge in [-0.25, -0.2) is 4.98 Å². The molecular weight excluding hydrogens is 368 g/mol. The standard InChI is InChI=1S/C18H14N4O4S/c1-11(23)19-13-8-6-12(7-9-13)15-10-27-18(20-15)21-17(24)14-4-2-3-5-16(14)22(25)26/h2-10H,1H3,(H,19,23)(H,20,21,24). The third-order valence-electron chi connectivity index (χ3n) is 3.57. The summed E-state index contributed by atoms with van der Waals surface area (Å²) in [6.45, 7) is 1.43. The number of nitrogens with zero attached hydrogens (tertiary/aromatic N) is 2. The maximum atomic E-state index is 12.3. The number of anilines is 2. The number of aromatic nitrogens is 1. The van der Waals surface area contributed by atoms with Crippen molar-refractivity contribution in [3.8, 4) is 11.3 Å². The van der Waals surface area contributed by atoms with Gasteiger partial charge in [-0.15, -0.1) is 11.3 Å². The van der Waals surface area contributed by atoms with Gasteiger partial charge in [0, 0.05) is 29.6 Å². The van der Waals surface area contributed by atoms with Gasteiger partial charge in [-0.05, 0) is 18.2 Å². The van der Waals surface area contributed by atoms with Gasteiger partial charge < -0.3 is 5.32 Å². The summed E-state index contributed by atoms with van der Waals surface area (Å²) in [5.74, 6) is -0.749. The molecular formula is C18H14N4O4S. The minimum atomic E-state index is -0.598. The number of thiazole rings is 1. The van der Waals surface area contributed by atoms with Crippen molar-refractivity contribution in [2.24, 2.45) is 0 Å². The van der Waals surface area contributed by atoms with Gasteiger partial charge in [-0.1, -0.05) is 24.3 Å². The van der Waals surface area contributed by atoms with Crippen LogP contribution in [0.4, 0.5) is 16.5 Å². The van der Waals surface area contributed by atoms with Crippen molar-refractivity contribution in [3.63, 3.8) is 0 Å². The third kappa shape index (κ3) is 4.33. The lowest BCUT2D eigenvalue weighted by Gasteiger charge is -2.03. The second-order valence-electron chi connectivity index (χ2n) is 5.52. The molecule has 9 heteroatoms. The number of hydrogen-bond donors (Lipinski definition) is 2. The van der Waals surface area contributed by atoms with Crippen molar-refractivity contribution < 1.29 is 14.5 Å². The number of amides is 2. The van der Waals surface area contributed by atoms with E-state index in [-0.39, 0.29) is 17.2 Å². The Labute approximate surface area is 158 Å². The largest absolute Gasteiger partial charge is 0.326 e. The fourth-order valence-corrected chi connectivity index (χ4v) is 3.10. The highest BCUT2D eigenvalue weighted by molar-refractivity contribution is 7.14.